The predicted molar refractivity (Wildman–Crippen MR) is 95.6 cm³/mol. The van der Waals surface area contributed by atoms with Crippen LogP contribution in [0, 0.1) is 10.1 Å². The molecule has 2 aromatic heterocycles. The molecule has 0 unspecified atom stereocenters. The van der Waals surface area contributed by atoms with Gasteiger partial charge in [0.05, 0.1) is 28.0 Å². The first-order valence-corrected chi connectivity index (χ1v) is 8.15. The van der Waals surface area contributed by atoms with Gasteiger partial charge in [0.25, 0.3) is 5.91 Å². The Kier molecular flexibility index (Phi) is 5.53. The maximum absolute atomic E-state index is 13.4. The molecule has 3 aromatic rings. The molecular formula is C17H12F3N5O5. The van der Waals surface area contributed by atoms with Crippen LogP contribution in [0.15, 0.2) is 53.6 Å². The first-order chi connectivity index (χ1) is 14.1. The van der Waals surface area contributed by atoms with Crippen molar-refractivity contribution >= 4 is 28.9 Å². The predicted octanol–water partition coefficient (Wildman–Crippen LogP) is 3.29. The van der Waals surface area contributed by atoms with Crippen LogP contribution in [0.3, 0.4) is 0 Å². The summed E-state index contributed by atoms with van der Waals surface area (Å²) < 4.78 is 46.0. The molecule has 0 bridgehead atoms. The van der Waals surface area contributed by atoms with E-state index in [-0.39, 0.29) is 16.9 Å². The summed E-state index contributed by atoms with van der Waals surface area (Å²) in [6, 6.07) is 4.18. The van der Waals surface area contributed by atoms with Crippen molar-refractivity contribution in [2.75, 3.05) is 10.6 Å². The lowest BCUT2D eigenvalue weighted by Gasteiger charge is -2.15. The summed E-state index contributed by atoms with van der Waals surface area (Å²) in [5.74, 6) is -1.55. The largest absolute Gasteiger partial charge is 0.472 e. The zero-order chi connectivity index (χ0) is 21.9. The number of anilines is 2. The van der Waals surface area contributed by atoms with E-state index < -0.39 is 40.7 Å². The quantitative estimate of drug-likeness (QED) is 0.462. The smallest absolute Gasteiger partial charge is 0.418 e. The number of nitrogens with one attached hydrogen (secondary N) is 2. The van der Waals surface area contributed by atoms with Crippen LogP contribution >= 0.6 is 0 Å². The van der Waals surface area contributed by atoms with Crippen LogP contribution in [0.25, 0.3) is 0 Å². The van der Waals surface area contributed by atoms with E-state index in [0.717, 1.165) is 29.4 Å². The minimum atomic E-state index is -4.83. The van der Waals surface area contributed by atoms with Crippen molar-refractivity contribution in [3.8, 4) is 0 Å². The van der Waals surface area contributed by atoms with Crippen molar-refractivity contribution in [2.45, 2.75) is 12.7 Å². The number of aromatic nitrogens is 2. The Morgan fingerprint density at radius 1 is 1.23 bits per heavy atom. The molecule has 1 aromatic carbocycles. The topological polar surface area (TPSA) is 132 Å². The highest BCUT2D eigenvalue weighted by Gasteiger charge is 2.34. The number of furan rings is 1. The molecule has 0 radical (unpaired) electrons. The molecular weight excluding hydrogens is 411 g/mol. The Bertz CT molecular complexity index is 1090. The van der Waals surface area contributed by atoms with Gasteiger partial charge in [0.1, 0.15) is 25.2 Å². The standard InChI is InChI=1S/C17H12F3N5O5/c18-17(19,20)13-5-11(22-16(27)10-3-4-30-9-10)1-2-14(13)23-15(26)8-24-7-12(6-21-24)25(28)29/h1-7,9H,8H2,(H,22,27)(H,23,26). The van der Waals surface area contributed by atoms with Crippen LogP contribution in [0.2, 0.25) is 0 Å². The third-order valence-electron chi connectivity index (χ3n) is 3.78. The Balaban J connectivity index is 1.77. The first kappa shape index (κ1) is 20.6. The lowest BCUT2D eigenvalue weighted by Crippen LogP contribution is -2.21. The monoisotopic (exact) mass is 423 g/mol. The van der Waals surface area contributed by atoms with E-state index in [4.69, 9.17) is 4.42 Å². The number of amides is 2. The molecule has 0 saturated carbocycles. The molecule has 10 nitrogen and oxygen atoms in total. The van der Waals surface area contributed by atoms with Crippen LogP contribution in [0.4, 0.5) is 30.2 Å². The maximum Gasteiger partial charge on any atom is 0.418 e. The number of nitro groups is 1. The van der Waals surface area contributed by atoms with Crippen molar-refractivity contribution in [1.82, 2.24) is 9.78 Å². The number of carbonyl (C=O) groups excluding carboxylic acids is 2. The molecule has 2 amide bonds. The fraction of sp³-hybridized carbons (Fsp3) is 0.118. The zero-order valence-electron chi connectivity index (χ0n) is 14.8. The van der Waals surface area contributed by atoms with Crippen molar-refractivity contribution in [2.24, 2.45) is 0 Å². The minimum absolute atomic E-state index is 0.120. The summed E-state index contributed by atoms with van der Waals surface area (Å²) in [4.78, 5) is 33.9. The summed E-state index contributed by atoms with van der Waals surface area (Å²) in [5.41, 5.74) is -2.12. The highest BCUT2D eigenvalue weighted by molar-refractivity contribution is 6.04. The third-order valence-corrected chi connectivity index (χ3v) is 3.78. The van der Waals surface area contributed by atoms with Crippen LogP contribution in [-0.2, 0) is 17.5 Å². The number of benzene rings is 1. The van der Waals surface area contributed by atoms with Gasteiger partial charge in [0.15, 0.2) is 0 Å². The fourth-order valence-electron chi connectivity index (χ4n) is 2.43. The van der Waals surface area contributed by atoms with Gasteiger partial charge in [0, 0.05) is 5.69 Å². The maximum atomic E-state index is 13.4. The van der Waals surface area contributed by atoms with E-state index in [1.54, 1.807) is 0 Å². The highest BCUT2D eigenvalue weighted by atomic mass is 19.4. The van der Waals surface area contributed by atoms with Gasteiger partial charge in [0.2, 0.25) is 5.91 Å². The fourth-order valence-corrected chi connectivity index (χ4v) is 2.43. The van der Waals surface area contributed by atoms with Gasteiger partial charge in [-0.05, 0) is 24.3 Å². The molecule has 2 heterocycles. The second kappa shape index (κ2) is 8.06. The lowest BCUT2D eigenvalue weighted by molar-refractivity contribution is -0.385. The molecule has 0 aliphatic heterocycles. The molecule has 13 heteroatoms. The number of halogens is 3. The summed E-state index contributed by atoms with van der Waals surface area (Å²) in [5, 5.41) is 18.6. The second-order valence-corrected chi connectivity index (χ2v) is 5.93. The van der Waals surface area contributed by atoms with E-state index in [1.165, 1.54) is 18.4 Å². The number of hydrogen-bond acceptors (Lipinski definition) is 6. The van der Waals surface area contributed by atoms with Crippen LogP contribution in [0.1, 0.15) is 15.9 Å². The molecule has 0 spiro atoms. The first-order valence-electron chi connectivity index (χ1n) is 8.15. The van der Waals surface area contributed by atoms with Gasteiger partial charge in [-0.25, -0.2) is 0 Å². The Labute approximate surface area is 165 Å². The summed E-state index contributed by atoms with van der Waals surface area (Å²) in [7, 11) is 0. The summed E-state index contributed by atoms with van der Waals surface area (Å²) in [6.45, 7) is -0.538. The van der Waals surface area contributed by atoms with Gasteiger partial charge < -0.3 is 15.1 Å². The molecule has 0 fully saturated rings. The summed E-state index contributed by atoms with van der Waals surface area (Å²) in [6.07, 6.45) is -0.578. The number of carbonyl (C=O) groups is 2. The SMILES string of the molecule is O=C(Cn1cc([N+](=O)[O-])cn1)Nc1ccc(NC(=O)c2ccoc2)cc1C(F)(F)F. The Hall–Kier alpha value is -4.16. The van der Waals surface area contributed by atoms with E-state index >= 15 is 0 Å². The van der Waals surface area contributed by atoms with Crippen molar-refractivity contribution < 1.29 is 32.1 Å². The number of alkyl halides is 3. The lowest BCUT2D eigenvalue weighted by atomic mass is 10.1. The van der Waals surface area contributed by atoms with Gasteiger partial charge in [-0.3, -0.25) is 24.4 Å². The Morgan fingerprint density at radius 2 is 2.00 bits per heavy atom. The Morgan fingerprint density at radius 3 is 2.60 bits per heavy atom. The molecule has 2 N–H and O–H groups in total. The molecule has 30 heavy (non-hydrogen) atoms. The van der Waals surface area contributed by atoms with E-state index in [9.17, 15) is 32.9 Å². The molecule has 0 saturated heterocycles. The van der Waals surface area contributed by atoms with Gasteiger partial charge in [-0.1, -0.05) is 0 Å². The highest BCUT2D eigenvalue weighted by Crippen LogP contribution is 2.36. The average molecular weight is 423 g/mol. The van der Waals surface area contributed by atoms with Crippen LogP contribution in [-0.4, -0.2) is 26.5 Å². The second-order valence-electron chi connectivity index (χ2n) is 5.93. The van der Waals surface area contributed by atoms with Crippen molar-refractivity contribution in [1.29, 1.82) is 0 Å². The van der Waals surface area contributed by atoms with Gasteiger partial charge in [-0.15, -0.1) is 0 Å². The van der Waals surface area contributed by atoms with Crippen molar-refractivity contribution in [3.63, 3.8) is 0 Å². The minimum Gasteiger partial charge on any atom is -0.472 e. The molecule has 0 aliphatic carbocycles. The van der Waals surface area contributed by atoms with E-state index in [1.807, 2.05) is 0 Å². The van der Waals surface area contributed by atoms with Gasteiger partial charge in [-0.2, -0.15) is 18.3 Å². The van der Waals surface area contributed by atoms with E-state index in [0.29, 0.717) is 6.07 Å². The van der Waals surface area contributed by atoms with Gasteiger partial charge >= 0.3 is 11.9 Å². The van der Waals surface area contributed by atoms with Crippen LogP contribution in [0.5, 0.6) is 0 Å². The number of hydrogen-bond donors (Lipinski definition) is 2. The molecule has 3 rings (SSSR count). The zero-order valence-corrected chi connectivity index (χ0v) is 14.8. The average Bonchev–Trinajstić information content (AvgIpc) is 3.34. The normalized spacial score (nSPS) is 11.2. The van der Waals surface area contributed by atoms with E-state index in [2.05, 4.69) is 15.7 Å². The number of nitrogens with zero attached hydrogens (tertiary/aromatic N) is 3. The van der Waals surface area contributed by atoms with Crippen molar-refractivity contribution in [3.05, 3.63) is 70.4 Å². The third kappa shape index (κ3) is 4.81. The molecule has 0 atom stereocenters. The molecule has 0 aliphatic rings. The molecule has 156 valence electrons. The number of rotatable bonds is 6. The van der Waals surface area contributed by atoms with Crippen LogP contribution < -0.4 is 10.6 Å². The summed E-state index contributed by atoms with van der Waals surface area (Å²) >= 11 is 0.